The second kappa shape index (κ2) is 8.93. The van der Waals surface area contributed by atoms with Crippen LogP contribution < -0.4 is 15.0 Å². The van der Waals surface area contributed by atoms with Gasteiger partial charge in [0.1, 0.15) is 16.6 Å². The first-order chi connectivity index (χ1) is 17.3. The summed E-state index contributed by atoms with van der Waals surface area (Å²) in [6.07, 6.45) is -0.394. The van der Waals surface area contributed by atoms with Crippen LogP contribution in [0.5, 0.6) is 5.75 Å². The van der Waals surface area contributed by atoms with Crippen LogP contribution in [-0.2, 0) is 12.7 Å². The highest BCUT2D eigenvalue weighted by Crippen LogP contribution is 2.43. The number of alkyl halides is 3. The average Bonchev–Trinajstić information content (AvgIpc) is 3.53. The second-order valence-corrected chi connectivity index (χ2v) is 10.9. The van der Waals surface area contributed by atoms with Gasteiger partial charge in [-0.3, -0.25) is 0 Å². The molecule has 1 saturated heterocycles. The van der Waals surface area contributed by atoms with Gasteiger partial charge in [0.2, 0.25) is 5.95 Å². The average molecular weight is 519 g/mol. The summed E-state index contributed by atoms with van der Waals surface area (Å²) in [6, 6.07) is 6.22. The van der Waals surface area contributed by atoms with Gasteiger partial charge in [0, 0.05) is 37.2 Å². The number of hydrogen-bond donors (Lipinski definition) is 1. The first-order valence-corrected chi connectivity index (χ1v) is 13.2. The number of ether oxygens (including phenoxy) is 1. The maximum Gasteiger partial charge on any atom is 0.416 e. The van der Waals surface area contributed by atoms with E-state index in [0.29, 0.717) is 23.8 Å². The van der Waals surface area contributed by atoms with Gasteiger partial charge in [-0.05, 0) is 74.2 Å². The predicted molar refractivity (Wildman–Crippen MR) is 132 cm³/mol. The van der Waals surface area contributed by atoms with Crippen LogP contribution in [0, 0.1) is 18.8 Å². The van der Waals surface area contributed by atoms with Crippen LogP contribution in [0.25, 0.3) is 0 Å². The minimum atomic E-state index is -4.41. The molecule has 3 aliphatic rings. The number of rotatable bonds is 5. The number of benzene rings is 1. The zero-order valence-electron chi connectivity index (χ0n) is 20.3. The van der Waals surface area contributed by atoms with Gasteiger partial charge in [-0.2, -0.15) is 22.5 Å². The van der Waals surface area contributed by atoms with E-state index in [2.05, 4.69) is 20.7 Å². The lowest BCUT2D eigenvalue weighted by molar-refractivity contribution is -0.137. The van der Waals surface area contributed by atoms with E-state index in [4.69, 9.17) is 14.8 Å². The summed E-state index contributed by atoms with van der Waals surface area (Å²) in [5.41, 5.74) is 1.08. The molecule has 3 atom stereocenters. The Kier molecular flexibility index (Phi) is 5.85. The van der Waals surface area contributed by atoms with Crippen LogP contribution in [0.3, 0.4) is 0 Å². The van der Waals surface area contributed by atoms with Crippen molar-refractivity contribution in [3.8, 4) is 5.75 Å². The fourth-order valence-corrected chi connectivity index (χ4v) is 6.95. The lowest BCUT2D eigenvalue weighted by Crippen LogP contribution is -2.48. The molecule has 36 heavy (non-hydrogen) atoms. The van der Waals surface area contributed by atoms with E-state index in [1.54, 1.807) is 11.5 Å². The smallest absolute Gasteiger partial charge is 0.416 e. The molecule has 1 saturated carbocycles. The highest BCUT2D eigenvalue weighted by atomic mass is 32.1. The number of aromatic nitrogens is 4. The Bertz CT molecular complexity index is 1240. The van der Waals surface area contributed by atoms with Crippen molar-refractivity contribution < 1.29 is 17.9 Å². The zero-order chi connectivity index (χ0) is 25.0. The summed E-state index contributed by atoms with van der Waals surface area (Å²) < 4.78 is 51.4. The van der Waals surface area contributed by atoms with Gasteiger partial charge in [-0.1, -0.05) is 6.07 Å². The summed E-state index contributed by atoms with van der Waals surface area (Å²) in [5.74, 6) is 2.50. The van der Waals surface area contributed by atoms with Crippen LogP contribution in [-0.4, -0.2) is 45.4 Å². The van der Waals surface area contributed by atoms with Gasteiger partial charge in [0.25, 0.3) is 0 Å². The molecule has 0 amide bonds. The Labute approximate surface area is 211 Å². The molecule has 2 aromatic heterocycles. The van der Waals surface area contributed by atoms with E-state index in [1.807, 2.05) is 11.6 Å². The molecule has 2 bridgehead atoms. The fraction of sp³-hybridized carbons (Fsp3) is 0.560. The van der Waals surface area contributed by atoms with Gasteiger partial charge in [0.15, 0.2) is 0 Å². The Balaban J connectivity index is 1.22. The standard InChI is InChI=1S/C25H29F3N6OS/c1-14-10-21(36-32-14)33-12-15-5-6-16(13-33)22(15)29-24-30-23-19(4-3-9-34(23)31-24)18-8-7-17(25(26,27)28)11-20(18)35-2/h7-8,10-11,15-16,19,22H,3-6,9,12-13H2,1-2H3,(H,29,31). The number of nitrogens with zero attached hydrogens (tertiary/aromatic N) is 5. The summed E-state index contributed by atoms with van der Waals surface area (Å²) in [6.45, 7) is 4.77. The summed E-state index contributed by atoms with van der Waals surface area (Å²) in [4.78, 5) is 7.33. The van der Waals surface area contributed by atoms with Crippen molar-refractivity contribution in [3.63, 3.8) is 0 Å². The molecule has 7 nitrogen and oxygen atoms in total. The van der Waals surface area contributed by atoms with Crippen LogP contribution >= 0.6 is 11.5 Å². The van der Waals surface area contributed by atoms with Crippen molar-refractivity contribution in [1.82, 2.24) is 19.1 Å². The quantitative estimate of drug-likeness (QED) is 0.493. The normalized spacial score (nSPS) is 25.6. The van der Waals surface area contributed by atoms with Crippen LogP contribution in [0.15, 0.2) is 24.3 Å². The van der Waals surface area contributed by atoms with E-state index in [0.717, 1.165) is 61.7 Å². The van der Waals surface area contributed by atoms with E-state index in [1.165, 1.54) is 31.0 Å². The molecule has 2 fully saturated rings. The lowest BCUT2D eigenvalue weighted by Gasteiger charge is -2.38. The third-order valence-corrected chi connectivity index (χ3v) is 8.81. The molecule has 0 spiro atoms. The van der Waals surface area contributed by atoms with Gasteiger partial charge < -0.3 is 15.0 Å². The van der Waals surface area contributed by atoms with Crippen molar-refractivity contribution >= 4 is 22.5 Å². The number of fused-ring (bicyclic) bond motifs is 3. The third kappa shape index (κ3) is 4.21. The van der Waals surface area contributed by atoms with Crippen LogP contribution in [0.4, 0.5) is 24.1 Å². The highest BCUT2D eigenvalue weighted by molar-refractivity contribution is 7.10. The maximum atomic E-state index is 13.2. The maximum absolute atomic E-state index is 13.2. The molecule has 2 aliphatic heterocycles. The summed E-state index contributed by atoms with van der Waals surface area (Å²) >= 11 is 1.57. The predicted octanol–water partition coefficient (Wildman–Crippen LogP) is 5.32. The van der Waals surface area contributed by atoms with Crippen LogP contribution in [0.2, 0.25) is 0 Å². The van der Waals surface area contributed by atoms with Gasteiger partial charge in [0.05, 0.1) is 18.4 Å². The molecule has 1 aliphatic carbocycles. The largest absolute Gasteiger partial charge is 0.496 e. The monoisotopic (exact) mass is 518 g/mol. The first kappa shape index (κ1) is 23.6. The molecule has 1 N–H and O–H groups in total. The van der Waals surface area contributed by atoms with E-state index < -0.39 is 11.7 Å². The molecular formula is C25H29F3N6OS. The van der Waals surface area contributed by atoms with Gasteiger partial charge in [-0.25, -0.2) is 4.68 Å². The molecule has 4 heterocycles. The molecule has 11 heteroatoms. The number of hydrogen-bond acceptors (Lipinski definition) is 7. The Hall–Kier alpha value is -2.82. The number of aryl methyl sites for hydroxylation is 2. The number of nitrogens with one attached hydrogen (secondary N) is 1. The first-order valence-electron chi connectivity index (χ1n) is 12.4. The van der Waals surface area contributed by atoms with E-state index >= 15 is 0 Å². The molecule has 1 aromatic carbocycles. The SMILES string of the molecule is COc1cc(C(F)(F)F)ccc1C1CCCn2nc(NC3C4CCC3CN(c3cc(C)ns3)C4)nc21. The van der Waals surface area contributed by atoms with E-state index in [9.17, 15) is 13.2 Å². The van der Waals surface area contributed by atoms with Crippen molar-refractivity contribution in [2.75, 3.05) is 30.4 Å². The van der Waals surface area contributed by atoms with Crippen molar-refractivity contribution in [2.24, 2.45) is 11.8 Å². The molecule has 3 aromatic rings. The van der Waals surface area contributed by atoms with Gasteiger partial charge in [-0.15, -0.1) is 5.10 Å². The number of anilines is 2. The summed E-state index contributed by atoms with van der Waals surface area (Å²) in [7, 11) is 1.41. The molecule has 3 unspecified atom stereocenters. The number of halogens is 3. The Morgan fingerprint density at radius 1 is 1.11 bits per heavy atom. The second-order valence-electron chi connectivity index (χ2n) is 10.1. The van der Waals surface area contributed by atoms with Crippen LogP contribution in [0.1, 0.15) is 54.2 Å². The lowest BCUT2D eigenvalue weighted by atomic mass is 9.89. The molecular weight excluding hydrogens is 489 g/mol. The Morgan fingerprint density at radius 2 is 1.89 bits per heavy atom. The third-order valence-electron chi connectivity index (χ3n) is 7.87. The number of methoxy groups -OCH3 is 1. The topological polar surface area (TPSA) is 68.1 Å². The minimum absolute atomic E-state index is 0.160. The molecule has 6 rings (SSSR count). The number of piperidine rings is 1. The van der Waals surface area contributed by atoms with Crippen molar-refractivity contribution in [3.05, 3.63) is 46.9 Å². The van der Waals surface area contributed by atoms with Gasteiger partial charge >= 0.3 is 6.18 Å². The van der Waals surface area contributed by atoms with Crippen molar-refractivity contribution in [2.45, 2.75) is 57.3 Å². The fourth-order valence-electron chi connectivity index (χ4n) is 6.17. The highest BCUT2D eigenvalue weighted by Gasteiger charge is 2.43. The minimum Gasteiger partial charge on any atom is -0.496 e. The summed E-state index contributed by atoms with van der Waals surface area (Å²) in [5, 5.41) is 9.65. The van der Waals surface area contributed by atoms with E-state index in [-0.39, 0.29) is 11.7 Å². The van der Waals surface area contributed by atoms with Crippen molar-refractivity contribution in [1.29, 1.82) is 0 Å². The molecule has 0 radical (unpaired) electrons. The zero-order valence-corrected chi connectivity index (χ0v) is 21.1. The molecule has 192 valence electrons. The Morgan fingerprint density at radius 3 is 2.56 bits per heavy atom.